The Morgan fingerprint density at radius 1 is 1.29 bits per heavy atom. The summed E-state index contributed by atoms with van der Waals surface area (Å²) in [5.74, 6) is 0.592. The Labute approximate surface area is 87.6 Å². The minimum absolute atomic E-state index is 0.0868. The van der Waals surface area contributed by atoms with Crippen LogP contribution in [-0.4, -0.2) is 24.5 Å². The maximum Gasteiger partial charge on any atom is 0.240 e. The van der Waals surface area contributed by atoms with E-state index in [1.807, 2.05) is 27.8 Å². The third-order valence-corrected chi connectivity index (χ3v) is 2.29. The zero-order valence-electron chi connectivity index (χ0n) is 10.3. The smallest absolute Gasteiger partial charge is 0.240 e. The molecular formula is C11H24N2O. The number of amides is 1. The molecule has 1 unspecified atom stereocenters. The van der Waals surface area contributed by atoms with E-state index < -0.39 is 5.54 Å². The molecule has 14 heavy (non-hydrogen) atoms. The van der Waals surface area contributed by atoms with Gasteiger partial charge in [0.2, 0.25) is 5.91 Å². The van der Waals surface area contributed by atoms with E-state index in [9.17, 15) is 4.79 Å². The molecule has 0 fully saturated rings. The van der Waals surface area contributed by atoms with Gasteiger partial charge in [0, 0.05) is 6.04 Å². The normalized spacial score (nSPS) is 15.7. The molecule has 0 rings (SSSR count). The van der Waals surface area contributed by atoms with Gasteiger partial charge in [-0.2, -0.15) is 0 Å². The molecule has 0 aromatic rings. The topological polar surface area (TPSA) is 41.1 Å². The summed E-state index contributed by atoms with van der Waals surface area (Å²) in [4.78, 5) is 11.9. The number of rotatable bonds is 5. The lowest BCUT2D eigenvalue weighted by Crippen LogP contribution is -2.55. The van der Waals surface area contributed by atoms with Gasteiger partial charge >= 0.3 is 0 Å². The van der Waals surface area contributed by atoms with E-state index >= 15 is 0 Å². The highest BCUT2D eigenvalue weighted by molar-refractivity contribution is 5.86. The Morgan fingerprint density at radius 2 is 1.79 bits per heavy atom. The number of carbonyl (C=O) groups excluding carboxylic acids is 1. The van der Waals surface area contributed by atoms with Crippen molar-refractivity contribution < 1.29 is 4.79 Å². The van der Waals surface area contributed by atoms with Crippen LogP contribution in [0, 0.1) is 5.92 Å². The molecule has 1 atom stereocenters. The van der Waals surface area contributed by atoms with E-state index in [1.165, 1.54) is 0 Å². The molecular weight excluding hydrogens is 176 g/mol. The van der Waals surface area contributed by atoms with Crippen LogP contribution in [-0.2, 0) is 4.79 Å². The van der Waals surface area contributed by atoms with Gasteiger partial charge < -0.3 is 10.6 Å². The average Bonchev–Trinajstić information content (AvgIpc) is 2.01. The molecule has 0 aliphatic carbocycles. The molecule has 1 amide bonds. The van der Waals surface area contributed by atoms with Crippen molar-refractivity contribution in [1.82, 2.24) is 10.6 Å². The summed E-state index contributed by atoms with van der Waals surface area (Å²) in [6, 6.07) is 0.197. The van der Waals surface area contributed by atoms with Crippen LogP contribution in [0.4, 0.5) is 0 Å². The number of likely N-dealkylation sites (N-methyl/N-ethyl adjacent to an activating group) is 1. The lowest BCUT2D eigenvalue weighted by molar-refractivity contribution is -0.128. The number of nitrogens with one attached hydrogen (secondary N) is 2. The summed E-state index contributed by atoms with van der Waals surface area (Å²) in [6.07, 6.45) is 0.849. The molecule has 0 aromatic heterocycles. The Kier molecular flexibility index (Phi) is 5.13. The lowest BCUT2D eigenvalue weighted by atomic mass is 9.90. The maximum absolute atomic E-state index is 11.9. The molecule has 2 N–H and O–H groups in total. The molecule has 3 nitrogen and oxygen atoms in total. The second-order valence-corrected chi connectivity index (χ2v) is 4.81. The second kappa shape index (κ2) is 5.35. The Balaban J connectivity index is 4.43. The molecule has 0 aliphatic rings. The molecule has 84 valence electrons. The van der Waals surface area contributed by atoms with Gasteiger partial charge in [0.15, 0.2) is 0 Å². The fourth-order valence-electron chi connectivity index (χ4n) is 1.55. The molecule has 0 saturated carbocycles. The van der Waals surface area contributed by atoms with E-state index in [1.54, 1.807) is 0 Å². The second-order valence-electron chi connectivity index (χ2n) is 4.81. The van der Waals surface area contributed by atoms with Crippen LogP contribution < -0.4 is 10.6 Å². The number of hydrogen-bond donors (Lipinski definition) is 2. The first-order valence-corrected chi connectivity index (χ1v) is 5.31. The number of hydrogen-bond acceptors (Lipinski definition) is 2. The van der Waals surface area contributed by atoms with Crippen molar-refractivity contribution in [3.05, 3.63) is 0 Å². The van der Waals surface area contributed by atoms with Gasteiger partial charge in [-0.1, -0.05) is 13.8 Å². The van der Waals surface area contributed by atoms with Gasteiger partial charge in [-0.25, -0.2) is 0 Å². The largest absolute Gasteiger partial charge is 0.352 e. The summed E-state index contributed by atoms with van der Waals surface area (Å²) in [5, 5.41) is 6.04. The van der Waals surface area contributed by atoms with Crippen LogP contribution in [0.3, 0.4) is 0 Å². The first-order chi connectivity index (χ1) is 6.31. The van der Waals surface area contributed by atoms with E-state index in [4.69, 9.17) is 0 Å². The molecule has 0 spiro atoms. The standard InChI is InChI=1S/C11H24N2O/c1-8(2)7-11(5,12-6)10(14)13-9(3)4/h8-9,12H,7H2,1-6H3,(H,13,14). The zero-order valence-corrected chi connectivity index (χ0v) is 10.3. The van der Waals surface area contributed by atoms with Crippen LogP contribution >= 0.6 is 0 Å². The van der Waals surface area contributed by atoms with Crippen molar-refractivity contribution in [3.8, 4) is 0 Å². The van der Waals surface area contributed by atoms with E-state index in [-0.39, 0.29) is 11.9 Å². The van der Waals surface area contributed by atoms with Gasteiger partial charge in [0.25, 0.3) is 0 Å². The minimum Gasteiger partial charge on any atom is -0.352 e. The van der Waals surface area contributed by atoms with Gasteiger partial charge in [-0.15, -0.1) is 0 Å². The van der Waals surface area contributed by atoms with Crippen LogP contribution in [0.15, 0.2) is 0 Å². The Hall–Kier alpha value is -0.570. The third-order valence-electron chi connectivity index (χ3n) is 2.29. The summed E-state index contributed by atoms with van der Waals surface area (Å²) in [5.41, 5.74) is -0.446. The molecule has 3 heteroatoms. The van der Waals surface area contributed by atoms with Gasteiger partial charge in [0.05, 0.1) is 5.54 Å². The van der Waals surface area contributed by atoms with Crippen LogP contribution in [0.25, 0.3) is 0 Å². The highest BCUT2D eigenvalue weighted by Gasteiger charge is 2.32. The van der Waals surface area contributed by atoms with Crippen molar-refractivity contribution in [2.24, 2.45) is 5.92 Å². The van der Waals surface area contributed by atoms with Gasteiger partial charge in [0.1, 0.15) is 0 Å². The quantitative estimate of drug-likeness (QED) is 0.706. The van der Waals surface area contributed by atoms with Gasteiger partial charge in [-0.05, 0) is 40.2 Å². The van der Waals surface area contributed by atoms with Crippen molar-refractivity contribution in [2.45, 2.75) is 52.6 Å². The molecule has 0 aliphatic heterocycles. The van der Waals surface area contributed by atoms with Crippen LogP contribution in [0.1, 0.15) is 41.0 Å². The highest BCUT2D eigenvalue weighted by Crippen LogP contribution is 2.16. The first kappa shape index (κ1) is 13.4. The summed E-state index contributed by atoms with van der Waals surface area (Å²) >= 11 is 0. The summed E-state index contributed by atoms with van der Waals surface area (Å²) in [6.45, 7) is 10.1. The molecule has 0 bridgehead atoms. The van der Waals surface area contributed by atoms with Gasteiger partial charge in [-0.3, -0.25) is 4.79 Å². The fraction of sp³-hybridized carbons (Fsp3) is 0.909. The van der Waals surface area contributed by atoms with Crippen LogP contribution in [0.2, 0.25) is 0 Å². The van der Waals surface area contributed by atoms with Crippen molar-refractivity contribution >= 4 is 5.91 Å². The predicted octanol–water partition coefficient (Wildman–Crippen LogP) is 1.54. The Morgan fingerprint density at radius 3 is 2.07 bits per heavy atom. The summed E-state index contributed by atoms with van der Waals surface area (Å²) in [7, 11) is 1.84. The van der Waals surface area contributed by atoms with E-state index in [2.05, 4.69) is 24.5 Å². The van der Waals surface area contributed by atoms with Crippen LogP contribution in [0.5, 0.6) is 0 Å². The SMILES string of the molecule is CNC(C)(CC(C)C)C(=O)NC(C)C. The summed E-state index contributed by atoms with van der Waals surface area (Å²) < 4.78 is 0. The van der Waals surface area contributed by atoms with Crippen molar-refractivity contribution in [2.75, 3.05) is 7.05 Å². The van der Waals surface area contributed by atoms with E-state index in [0.29, 0.717) is 5.92 Å². The molecule has 0 heterocycles. The maximum atomic E-state index is 11.9. The predicted molar refractivity (Wildman–Crippen MR) is 60.2 cm³/mol. The highest BCUT2D eigenvalue weighted by atomic mass is 16.2. The fourth-order valence-corrected chi connectivity index (χ4v) is 1.55. The minimum atomic E-state index is -0.446. The first-order valence-electron chi connectivity index (χ1n) is 5.31. The van der Waals surface area contributed by atoms with Crippen molar-refractivity contribution in [3.63, 3.8) is 0 Å². The molecule has 0 radical (unpaired) electrons. The Bertz CT molecular complexity index is 190. The number of carbonyl (C=O) groups is 1. The van der Waals surface area contributed by atoms with Crippen molar-refractivity contribution in [1.29, 1.82) is 0 Å². The average molecular weight is 200 g/mol. The molecule has 0 saturated heterocycles. The monoisotopic (exact) mass is 200 g/mol. The zero-order chi connectivity index (χ0) is 11.4. The third kappa shape index (κ3) is 4.09. The lowest BCUT2D eigenvalue weighted by Gasteiger charge is -2.30. The molecule has 0 aromatic carbocycles. The van der Waals surface area contributed by atoms with E-state index in [0.717, 1.165) is 6.42 Å².